The van der Waals surface area contributed by atoms with Crippen molar-refractivity contribution in [3.63, 3.8) is 0 Å². The quantitative estimate of drug-likeness (QED) is 0.514. The van der Waals surface area contributed by atoms with E-state index in [1.54, 1.807) is 6.92 Å². The van der Waals surface area contributed by atoms with Gasteiger partial charge in [0.15, 0.2) is 0 Å². The van der Waals surface area contributed by atoms with Gasteiger partial charge in [-0.1, -0.05) is 0 Å². The van der Waals surface area contributed by atoms with Crippen molar-refractivity contribution in [2.75, 3.05) is 11.9 Å². The van der Waals surface area contributed by atoms with Crippen LogP contribution < -0.4 is 5.32 Å². The minimum Gasteiger partial charge on any atom is -0.464 e. The smallest absolute Gasteiger partial charge is 0.416 e. The minimum absolute atomic E-state index is 0.125. The first-order chi connectivity index (χ1) is 9.66. The van der Waals surface area contributed by atoms with Crippen LogP contribution in [0.1, 0.15) is 19.4 Å². The van der Waals surface area contributed by atoms with Crippen LogP contribution in [-0.2, 0) is 15.7 Å². The molecular formula is C12H13F3N2O4. The zero-order valence-corrected chi connectivity index (χ0v) is 11.2. The Hall–Kier alpha value is -2.32. The van der Waals surface area contributed by atoms with Gasteiger partial charge in [-0.2, -0.15) is 13.2 Å². The molecule has 0 aliphatic rings. The summed E-state index contributed by atoms with van der Waals surface area (Å²) in [5, 5.41) is 13.3. The second kappa shape index (κ2) is 6.42. The van der Waals surface area contributed by atoms with Crippen molar-refractivity contribution < 1.29 is 27.6 Å². The summed E-state index contributed by atoms with van der Waals surface area (Å²) < 4.78 is 42.3. The molecule has 1 rings (SSSR count). The first kappa shape index (κ1) is 16.7. The molecule has 1 aromatic rings. The van der Waals surface area contributed by atoms with Gasteiger partial charge in [-0.25, -0.2) is 4.79 Å². The highest BCUT2D eigenvalue weighted by atomic mass is 19.4. The molecule has 0 saturated carbocycles. The Labute approximate surface area is 118 Å². The fourth-order valence-corrected chi connectivity index (χ4v) is 1.54. The zero-order chi connectivity index (χ0) is 16.2. The largest absolute Gasteiger partial charge is 0.464 e. The molecule has 116 valence electrons. The molecule has 0 fully saturated rings. The molecule has 0 amide bonds. The fraction of sp³-hybridized carbons (Fsp3) is 0.417. The van der Waals surface area contributed by atoms with E-state index in [2.05, 4.69) is 5.32 Å². The molecule has 0 saturated heterocycles. The number of hydrogen-bond acceptors (Lipinski definition) is 5. The third kappa shape index (κ3) is 4.33. The normalized spacial score (nSPS) is 12.6. The van der Waals surface area contributed by atoms with Gasteiger partial charge in [0, 0.05) is 6.07 Å². The van der Waals surface area contributed by atoms with Crippen LogP contribution in [-0.4, -0.2) is 23.5 Å². The van der Waals surface area contributed by atoms with E-state index in [1.807, 2.05) is 0 Å². The number of benzene rings is 1. The topological polar surface area (TPSA) is 81.5 Å². The fourth-order valence-electron chi connectivity index (χ4n) is 1.54. The van der Waals surface area contributed by atoms with Crippen LogP contribution in [0.3, 0.4) is 0 Å². The Morgan fingerprint density at radius 1 is 1.48 bits per heavy atom. The van der Waals surface area contributed by atoms with Gasteiger partial charge in [0.25, 0.3) is 5.69 Å². The summed E-state index contributed by atoms with van der Waals surface area (Å²) in [6.07, 6.45) is -4.68. The molecular weight excluding hydrogens is 293 g/mol. The number of esters is 1. The number of halogens is 3. The molecule has 1 unspecified atom stereocenters. The van der Waals surface area contributed by atoms with Gasteiger partial charge in [0.05, 0.1) is 17.1 Å². The maximum absolute atomic E-state index is 12.5. The first-order valence-corrected chi connectivity index (χ1v) is 5.95. The molecule has 0 heterocycles. The van der Waals surface area contributed by atoms with Crippen molar-refractivity contribution in [1.82, 2.24) is 0 Å². The van der Waals surface area contributed by atoms with Gasteiger partial charge in [0.2, 0.25) is 0 Å². The maximum atomic E-state index is 12.5. The van der Waals surface area contributed by atoms with Gasteiger partial charge >= 0.3 is 12.1 Å². The van der Waals surface area contributed by atoms with E-state index in [0.29, 0.717) is 12.1 Å². The van der Waals surface area contributed by atoms with Crippen molar-refractivity contribution in [2.24, 2.45) is 0 Å². The Bertz CT molecular complexity index is 546. The number of carbonyl (C=O) groups excluding carboxylic acids is 1. The summed E-state index contributed by atoms with van der Waals surface area (Å²) in [7, 11) is 0. The summed E-state index contributed by atoms with van der Waals surface area (Å²) in [6, 6.07) is 1.10. The second-order valence-corrected chi connectivity index (χ2v) is 4.10. The van der Waals surface area contributed by atoms with Crippen LogP contribution in [0.15, 0.2) is 18.2 Å². The van der Waals surface area contributed by atoms with E-state index in [1.165, 1.54) is 6.92 Å². The third-order valence-electron chi connectivity index (χ3n) is 2.53. The van der Waals surface area contributed by atoms with Gasteiger partial charge < -0.3 is 10.1 Å². The zero-order valence-electron chi connectivity index (χ0n) is 11.2. The number of nitro groups is 1. The Morgan fingerprint density at radius 2 is 2.10 bits per heavy atom. The minimum atomic E-state index is -4.68. The molecule has 21 heavy (non-hydrogen) atoms. The van der Waals surface area contributed by atoms with E-state index in [4.69, 9.17) is 4.74 Å². The lowest BCUT2D eigenvalue weighted by Crippen LogP contribution is -2.28. The molecule has 6 nitrogen and oxygen atoms in total. The molecule has 1 aromatic carbocycles. The molecule has 0 bridgehead atoms. The van der Waals surface area contributed by atoms with E-state index in [9.17, 15) is 28.1 Å². The molecule has 0 spiro atoms. The van der Waals surface area contributed by atoms with Crippen LogP contribution in [0.25, 0.3) is 0 Å². The van der Waals surface area contributed by atoms with Gasteiger partial charge in [-0.3, -0.25) is 10.1 Å². The van der Waals surface area contributed by atoms with E-state index >= 15 is 0 Å². The Morgan fingerprint density at radius 3 is 2.57 bits per heavy atom. The van der Waals surface area contributed by atoms with E-state index < -0.39 is 34.4 Å². The summed E-state index contributed by atoms with van der Waals surface area (Å²) in [5.74, 6) is -0.660. The lowest BCUT2D eigenvalue weighted by Gasteiger charge is -2.15. The number of nitrogens with one attached hydrogen (secondary N) is 1. The highest BCUT2D eigenvalue weighted by molar-refractivity contribution is 5.80. The van der Waals surface area contributed by atoms with Crippen molar-refractivity contribution in [1.29, 1.82) is 0 Å². The molecule has 0 aromatic heterocycles. The van der Waals surface area contributed by atoms with Crippen LogP contribution in [0.4, 0.5) is 24.5 Å². The highest BCUT2D eigenvalue weighted by Gasteiger charge is 2.33. The van der Waals surface area contributed by atoms with Gasteiger partial charge in [0.1, 0.15) is 11.7 Å². The average molecular weight is 306 g/mol. The van der Waals surface area contributed by atoms with Crippen LogP contribution in [0, 0.1) is 10.1 Å². The average Bonchev–Trinajstić information content (AvgIpc) is 2.37. The molecule has 9 heteroatoms. The van der Waals surface area contributed by atoms with Crippen molar-refractivity contribution in [3.8, 4) is 0 Å². The monoisotopic (exact) mass is 306 g/mol. The van der Waals surface area contributed by atoms with Crippen molar-refractivity contribution >= 4 is 17.3 Å². The first-order valence-electron chi connectivity index (χ1n) is 5.95. The lowest BCUT2D eigenvalue weighted by atomic mass is 10.1. The van der Waals surface area contributed by atoms with E-state index in [-0.39, 0.29) is 12.3 Å². The van der Waals surface area contributed by atoms with Crippen molar-refractivity contribution in [2.45, 2.75) is 26.1 Å². The molecule has 0 aliphatic heterocycles. The number of carbonyl (C=O) groups is 1. The predicted octanol–water partition coefficient (Wildman–Crippen LogP) is 2.98. The standard InChI is InChI=1S/C12H13F3N2O4/c1-3-21-11(18)7(2)16-9-5-4-8(12(13,14)15)6-10(9)17(19)20/h4-7,16H,3H2,1-2H3. The second-order valence-electron chi connectivity index (χ2n) is 4.10. The number of hydrogen-bond donors (Lipinski definition) is 1. The lowest BCUT2D eigenvalue weighted by molar-refractivity contribution is -0.384. The van der Waals surface area contributed by atoms with Crippen molar-refractivity contribution in [3.05, 3.63) is 33.9 Å². The highest BCUT2D eigenvalue weighted by Crippen LogP contribution is 2.35. The van der Waals surface area contributed by atoms with Crippen LogP contribution in [0.5, 0.6) is 0 Å². The number of nitrogens with zero attached hydrogens (tertiary/aromatic N) is 1. The molecule has 0 aliphatic carbocycles. The molecule has 0 radical (unpaired) electrons. The summed E-state index contributed by atoms with van der Waals surface area (Å²) in [4.78, 5) is 21.3. The number of ether oxygens (including phenoxy) is 1. The Balaban J connectivity index is 3.08. The number of rotatable bonds is 5. The van der Waals surface area contributed by atoms with Gasteiger partial charge in [-0.15, -0.1) is 0 Å². The number of alkyl halides is 3. The van der Waals surface area contributed by atoms with Crippen LogP contribution >= 0.6 is 0 Å². The molecule has 1 N–H and O–H groups in total. The summed E-state index contributed by atoms with van der Waals surface area (Å²) in [6.45, 7) is 3.10. The molecule has 1 atom stereocenters. The summed E-state index contributed by atoms with van der Waals surface area (Å²) >= 11 is 0. The Kier molecular flexibility index (Phi) is 5.12. The maximum Gasteiger partial charge on any atom is 0.416 e. The van der Waals surface area contributed by atoms with E-state index in [0.717, 1.165) is 6.07 Å². The number of nitro benzene ring substituents is 1. The summed E-state index contributed by atoms with van der Waals surface area (Å²) in [5.41, 5.74) is -2.09. The predicted molar refractivity (Wildman–Crippen MR) is 67.8 cm³/mol. The third-order valence-corrected chi connectivity index (χ3v) is 2.53. The van der Waals surface area contributed by atoms with Gasteiger partial charge in [-0.05, 0) is 26.0 Å². The van der Waals surface area contributed by atoms with Crippen LogP contribution in [0.2, 0.25) is 0 Å². The number of anilines is 1. The SMILES string of the molecule is CCOC(=O)C(C)Nc1ccc(C(F)(F)F)cc1[N+](=O)[O-].